The molecule has 0 heterocycles. The van der Waals surface area contributed by atoms with Gasteiger partial charge in [0, 0.05) is 12.5 Å². The summed E-state index contributed by atoms with van der Waals surface area (Å²) in [5.41, 5.74) is 1.31. The van der Waals surface area contributed by atoms with Crippen LogP contribution in [-0.4, -0.2) is 13.4 Å². The molecular weight excluding hydrogens is 236 g/mol. The highest BCUT2D eigenvalue weighted by molar-refractivity contribution is 5.29. The van der Waals surface area contributed by atoms with Crippen molar-refractivity contribution in [2.45, 2.75) is 53.8 Å². The van der Waals surface area contributed by atoms with E-state index in [-0.39, 0.29) is 11.7 Å². The Kier molecular flexibility index (Phi) is 5.42. The SMILES string of the molecule is COC(Oc1ccc(C(C)C(C)C)cc1)C(C)(C)C. The Morgan fingerprint density at radius 2 is 1.47 bits per heavy atom. The molecule has 1 aromatic rings. The molecule has 0 aliphatic heterocycles. The van der Waals surface area contributed by atoms with Crippen LogP contribution < -0.4 is 4.74 Å². The summed E-state index contributed by atoms with van der Waals surface area (Å²) in [4.78, 5) is 0. The minimum absolute atomic E-state index is 0.0430. The van der Waals surface area contributed by atoms with E-state index in [4.69, 9.17) is 9.47 Å². The first kappa shape index (κ1) is 16.0. The zero-order valence-electron chi connectivity index (χ0n) is 13.4. The van der Waals surface area contributed by atoms with Gasteiger partial charge in [-0.2, -0.15) is 0 Å². The molecule has 1 aromatic carbocycles. The standard InChI is InChI=1S/C17H28O2/c1-12(2)13(3)14-8-10-15(11-9-14)19-16(18-7)17(4,5)6/h8-13,16H,1-7H3. The van der Waals surface area contributed by atoms with E-state index in [0.29, 0.717) is 11.8 Å². The van der Waals surface area contributed by atoms with Gasteiger partial charge in [0.15, 0.2) is 0 Å². The number of hydrogen-bond acceptors (Lipinski definition) is 2. The molecule has 2 heteroatoms. The Bertz CT molecular complexity index is 373. The molecule has 1 rings (SSSR count). The molecule has 2 unspecified atom stereocenters. The maximum absolute atomic E-state index is 5.90. The van der Waals surface area contributed by atoms with Gasteiger partial charge in [-0.3, -0.25) is 0 Å². The van der Waals surface area contributed by atoms with Crippen LogP contribution in [-0.2, 0) is 4.74 Å². The van der Waals surface area contributed by atoms with Crippen molar-refractivity contribution >= 4 is 0 Å². The van der Waals surface area contributed by atoms with Crippen molar-refractivity contribution in [1.29, 1.82) is 0 Å². The van der Waals surface area contributed by atoms with Crippen molar-refractivity contribution in [3.63, 3.8) is 0 Å². The van der Waals surface area contributed by atoms with Gasteiger partial charge in [-0.15, -0.1) is 0 Å². The third-order valence-electron chi connectivity index (χ3n) is 3.57. The zero-order chi connectivity index (χ0) is 14.6. The van der Waals surface area contributed by atoms with Gasteiger partial charge >= 0.3 is 0 Å². The van der Waals surface area contributed by atoms with Crippen LogP contribution in [0, 0.1) is 11.3 Å². The van der Waals surface area contributed by atoms with Crippen molar-refractivity contribution in [2.75, 3.05) is 7.11 Å². The topological polar surface area (TPSA) is 18.5 Å². The van der Waals surface area contributed by atoms with Gasteiger partial charge in [0.1, 0.15) is 5.75 Å². The summed E-state index contributed by atoms with van der Waals surface area (Å²) in [6.45, 7) is 13.1. The fourth-order valence-electron chi connectivity index (χ4n) is 1.94. The minimum atomic E-state index is -0.235. The molecule has 0 aliphatic rings. The largest absolute Gasteiger partial charge is 0.464 e. The normalized spacial score (nSPS) is 15.4. The fraction of sp³-hybridized carbons (Fsp3) is 0.647. The molecular formula is C17H28O2. The molecule has 0 saturated heterocycles. The highest BCUT2D eigenvalue weighted by Gasteiger charge is 2.26. The van der Waals surface area contributed by atoms with Gasteiger partial charge in [-0.25, -0.2) is 0 Å². The molecule has 0 radical (unpaired) electrons. The lowest BCUT2D eigenvalue weighted by atomic mass is 9.90. The summed E-state index contributed by atoms with van der Waals surface area (Å²) >= 11 is 0. The molecule has 0 bridgehead atoms. The first-order valence-corrected chi connectivity index (χ1v) is 7.05. The number of benzene rings is 1. The van der Waals surface area contributed by atoms with E-state index < -0.39 is 0 Å². The van der Waals surface area contributed by atoms with Crippen LogP contribution in [0.1, 0.15) is 53.0 Å². The van der Waals surface area contributed by atoms with E-state index in [2.05, 4.69) is 53.7 Å². The average molecular weight is 264 g/mol. The summed E-state index contributed by atoms with van der Waals surface area (Å²) < 4.78 is 11.3. The molecule has 19 heavy (non-hydrogen) atoms. The molecule has 0 N–H and O–H groups in total. The molecule has 0 aromatic heterocycles. The van der Waals surface area contributed by atoms with Crippen LogP contribution in [0.5, 0.6) is 5.75 Å². The van der Waals surface area contributed by atoms with E-state index in [1.54, 1.807) is 7.11 Å². The van der Waals surface area contributed by atoms with Crippen LogP contribution in [0.3, 0.4) is 0 Å². The first-order chi connectivity index (χ1) is 8.75. The van der Waals surface area contributed by atoms with E-state index in [1.807, 2.05) is 12.1 Å². The fourth-order valence-corrected chi connectivity index (χ4v) is 1.94. The van der Waals surface area contributed by atoms with E-state index in [0.717, 1.165) is 5.75 Å². The predicted molar refractivity (Wildman–Crippen MR) is 80.6 cm³/mol. The van der Waals surface area contributed by atoms with Gasteiger partial charge in [0.2, 0.25) is 6.29 Å². The number of ether oxygens (including phenoxy) is 2. The second-order valence-corrected chi connectivity index (χ2v) is 6.65. The number of rotatable bonds is 5. The smallest absolute Gasteiger partial charge is 0.204 e. The average Bonchev–Trinajstić information content (AvgIpc) is 2.34. The Labute approximate surface area is 118 Å². The quantitative estimate of drug-likeness (QED) is 0.708. The second kappa shape index (κ2) is 6.42. The highest BCUT2D eigenvalue weighted by Crippen LogP contribution is 2.28. The molecule has 108 valence electrons. The van der Waals surface area contributed by atoms with E-state index >= 15 is 0 Å². The molecule has 2 nitrogen and oxygen atoms in total. The van der Waals surface area contributed by atoms with Gasteiger partial charge < -0.3 is 9.47 Å². The van der Waals surface area contributed by atoms with Crippen LogP contribution in [0.25, 0.3) is 0 Å². The van der Waals surface area contributed by atoms with Crippen molar-refractivity contribution in [2.24, 2.45) is 11.3 Å². The van der Waals surface area contributed by atoms with Crippen LogP contribution in [0.15, 0.2) is 24.3 Å². The maximum Gasteiger partial charge on any atom is 0.204 e. The molecule has 0 spiro atoms. The van der Waals surface area contributed by atoms with Crippen LogP contribution in [0.2, 0.25) is 0 Å². The lowest BCUT2D eigenvalue weighted by Crippen LogP contribution is -2.33. The molecule has 2 atom stereocenters. The monoisotopic (exact) mass is 264 g/mol. The predicted octanol–water partition coefficient (Wildman–Crippen LogP) is 4.84. The maximum atomic E-state index is 5.90. The van der Waals surface area contributed by atoms with Crippen LogP contribution in [0.4, 0.5) is 0 Å². The summed E-state index contributed by atoms with van der Waals surface area (Å²) in [7, 11) is 1.69. The van der Waals surface area contributed by atoms with Gasteiger partial charge in [0.25, 0.3) is 0 Å². The summed E-state index contributed by atoms with van der Waals surface area (Å²) in [5.74, 6) is 2.07. The van der Waals surface area contributed by atoms with Crippen molar-refractivity contribution < 1.29 is 9.47 Å². The Balaban J connectivity index is 2.77. The number of methoxy groups -OCH3 is 1. The Morgan fingerprint density at radius 1 is 0.947 bits per heavy atom. The van der Waals surface area contributed by atoms with Crippen molar-refractivity contribution in [3.05, 3.63) is 29.8 Å². The third-order valence-corrected chi connectivity index (χ3v) is 3.57. The molecule has 0 saturated carbocycles. The molecule has 0 fully saturated rings. The van der Waals surface area contributed by atoms with Gasteiger partial charge in [0.05, 0.1) is 0 Å². The second-order valence-electron chi connectivity index (χ2n) is 6.65. The van der Waals surface area contributed by atoms with Gasteiger partial charge in [-0.1, -0.05) is 53.7 Å². The summed E-state index contributed by atoms with van der Waals surface area (Å²) in [6.07, 6.45) is -0.235. The van der Waals surface area contributed by atoms with E-state index in [1.165, 1.54) is 5.56 Å². The first-order valence-electron chi connectivity index (χ1n) is 7.05. The van der Waals surface area contributed by atoms with Crippen LogP contribution >= 0.6 is 0 Å². The van der Waals surface area contributed by atoms with Gasteiger partial charge in [-0.05, 0) is 29.5 Å². The lowest BCUT2D eigenvalue weighted by molar-refractivity contribution is -0.120. The Morgan fingerprint density at radius 3 is 1.84 bits per heavy atom. The molecule has 0 amide bonds. The van der Waals surface area contributed by atoms with Crippen molar-refractivity contribution in [1.82, 2.24) is 0 Å². The molecule has 0 aliphatic carbocycles. The third kappa shape index (κ3) is 4.54. The minimum Gasteiger partial charge on any atom is -0.464 e. The Hall–Kier alpha value is -1.02. The van der Waals surface area contributed by atoms with Crippen molar-refractivity contribution in [3.8, 4) is 5.75 Å². The lowest BCUT2D eigenvalue weighted by Gasteiger charge is -2.29. The van der Waals surface area contributed by atoms with E-state index in [9.17, 15) is 0 Å². The zero-order valence-corrected chi connectivity index (χ0v) is 13.4. The summed E-state index contributed by atoms with van der Waals surface area (Å²) in [5, 5.41) is 0. The number of hydrogen-bond donors (Lipinski definition) is 0. The highest BCUT2D eigenvalue weighted by atomic mass is 16.7. The summed E-state index contributed by atoms with van der Waals surface area (Å²) in [6, 6.07) is 8.36.